The van der Waals surface area contributed by atoms with E-state index in [1.54, 1.807) is 54.1 Å². The number of carbonyl (C=O) groups excluding carboxylic acids is 6. The number of likely N-dealkylation sites (tertiary alicyclic amines) is 2. The molecule has 4 heterocycles. The molecule has 2 aliphatic heterocycles. The molecule has 0 unspecified atom stereocenters. The number of pyridine rings is 1. The number of thiazole rings is 1. The molecule has 5 N–H and O–H groups in total. The van der Waals surface area contributed by atoms with Crippen molar-refractivity contribution < 1.29 is 52.8 Å². The molecule has 2 aromatic carbocycles. The summed E-state index contributed by atoms with van der Waals surface area (Å²) in [7, 11) is 0. The minimum absolute atomic E-state index is 0.0334. The molecular formula is C58H78N8O11S. The van der Waals surface area contributed by atoms with Crippen molar-refractivity contribution >= 4 is 52.9 Å². The van der Waals surface area contributed by atoms with Crippen LogP contribution in [-0.4, -0.2) is 164 Å². The number of benzene rings is 2. The molecule has 2 aromatic heterocycles. The number of ether oxygens (including phenoxy) is 4. The van der Waals surface area contributed by atoms with Crippen LogP contribution in [0.4, 0.5) is 0 Å². The van der Waals surface area contributed by atoms with Crippen molar-refractivity contribution in [3.05, 3.63) is 113 Å². The zero-order valence-corrected chi connectivity index (χ0v) is 46.5. The van der Waals surface area contributed by atoms with Crippen LogP contribution in [0, 0.1) is 18.3 Å². The summed E-state index contributed by atoms with van der Waals surface area (Å²) in [6.45, 7) is 13.2. The summed E-state index contributed by atoms with van der Waals surface area (Å²) in [4.78, 5) is 91.4. The molecule has 6 rings (SSSR count). The van der Waals surface area contributed by atoms with Gasteiger partial charge in [-0.15, -0.1) is 11.3 Å². The third-order valence-electron chi connectivity index (χ3n) is 13.7. The summed E-state index contributed by atoms with van der Waals surface area (Å²) in [5, 5.41) is 22.2. The van der Waals surface area contributed by atoms with Crippen molar-refractivity contribution in [2.75, 3.05) is 85.6 Å². The molecule has 4 aromatic rings. The number of amides is 6. The standard InChI is InChI=1S/C58H78N8O11S/c1-40(44-12-14-45(15-13-44)52-41(2)62-39-78-52)63-55(71)49-35-48(67)37-66(49)57(73)53(58(3,4)5)64-51(69)38-77-34-33-76-32-31-75-30-29-74-28-25-61-54(70)46-16-18-47(19-17-46)56(72)65-26-21-42(22-27-65)9-6-7-24-60-50(68)20-11-43-10-8-23-59-36-43/h8,10-20,23,36,39-40,42,48-49,53,67H,6-7,9,21-22,24-35,37-38H2,1-5H3,(H,60,68)(H,61,70)(H,63,71)(H,64,69)/b20-11+/t40-,48+,49-,53+/m0/s1. The highest BCUT2D eigenvalue weighted by Crippen LogP contribution is 2.30. The van der Waals surface area contributed by atoms with E-state index in [4.69, 9.17) is 18.9 Å². The summed E-state index contributed by atoms with van der Waals surface area (Å²) in [5.74, 6) is -1.21. The van der Waals surface area contributed by atoms with Gasteiger partial charge in [-0.25, -0.2) is 4.98 Å². The molecule has 2 saturated heterocycles. The molecule has 19 nitrogen and oxygen atoms in total. The zero-order valence-electron chi connectivity index (χ0n) is 45.7. The number of hydrogen-bond acceptors (Lipinski definition) is 14. The van der Waals surface area contributed by atoms with E-state index in [0.717, 1.165) is 59.4 Å². The number of aliphatic hydroxyl groups is 1. The molecule has 2 fully saturated rings. The Morgan fingerprint density at radius 3 is 2.13 bits per heavy atom. The average Bonchev–Trinajstić information content (AvgIpc) is 4.06. The average molecular weight is 1100 g/mol. The first-order chi connectivity index (χ1) is 37.6. The van der Waals surface area contributed by atoms with Crippen molar-refractivity contribution in [1.82, 2.24) is 41.0 Å². The fourth-order valence-corrected chi connectivity index (χ4v) is 10.0. The lowest BCUT2D eigenvalue weighted by atomic mass is 9.85. The van der Waals surface area contributed by atoms with Gasteiger partial charge in [0.25, 0.3) is 11.8 Å². The predicted octanol–water partition coefficient (Wildman–Crippen LogP) is 5.53. The third kappa shape index (κ3) is 19.5. The van der Waals surface area contributed by atoms with Crippen molar-refractivity contribution in [2.24, 2.45) is 11.3 Å². The Bertz CT molecular complexity index is 2570. The second-order valence-corrected chi connectivity index (χ2v) is 21.6. The van der Waals surface area contributed by atoms with Gasteiger partial charge in [0, 0.05) is 68.7 Å². The van der Waals surface area contributed by atoms with E-state index in [0.29, 0.717) is 76.3 Å². The Hall–Kier alpha value is -6.42. The van der Waals surface area contributed by atoms with Crippen LogP contribution in [0.5, 0.6) is 0 Å². The lowest BCUT2D eigenvalue weighted by molar-refractivity contribution is -0.144. The zero-order chi connectivity index (χ0) is 55.9. The summed E-state index contributed by atoms with van der Waals surface area (Å²) in [6.07, 6.45) is 10.7. The number of nitrogens with one attached hydrogen (secondary N) is 4. The smallest absolute Gasteiger partial charge is 0.253 e. The van der Waals surface area contributed by atoms with Crippen LogP contribution in [0.1, 0.15) is 110 Å². The van der Waals surface area contributed by atoms with Gasteiger partial charge in [0.2, 0.25) is 23.6 Å². The Morgan fingerprint density at radius 2 is 1.49 bits per heavy atom. The Labute approximate surface area is 462 Å². The number of piperidine rings is 1. The molecule has 20 heteroatoms. The Morgan fingerprint density at radius 1 is 0.821 bits per heavy atom. The number of β-amino-alcohol motifs (C(OH)–C–C–N with tert-alkyl or cyclic N) is 1. The fourth-order valence-electron chi connectivity index (χ4n) is 9.23. The molecule has 422 valence electrons. The first kappa shape index (κ1) is 60.8. The van der Waals surface area contributed by atoms with Gasteiger partial charge in [0.05, 0.1) is 74.5 Å². The summed E-state index contributed by atoms with van der Waals surface area (Å²) >= 11 is 1.57. The Balaban J connectivity index is 0.757. The third-order valence-corrected chi connectivity index (χ3v) is 14.7. The molecule has 6 amide bonds. The number of nitrogens with zero attached hydrogens (tertiary/aromatic N) is 4. The highest BCUT2D eigenvalue weighted by molar-refractivity contribution is 7.13. The van der Waals surface area contributed by atoms with E-state index >= 15 is 0 Å². The number of unbranched alkanes of at least 4 members (excludes halogenated alkanes) is 1. The number of aliphatic hydroxyl groups excluding tert-OH is 1. The van der Waals surface area contributed by atoms with Crippen LogP contribution in [0.2, 0.25) is 0 Å². The van der Waals surface area contributed by atoms with E-state index in [2.05, 4.69) is 31.2 Å². The fraction of sp³-hybridized carbons (Fsp3) is 0.517. The first-order valence-electron chi connectivity index (χ1n) is 27.0. The van der Waals surface area contributed by atoms with Crippen molar-refractivity contribution in [2.45, 2.75) is 97.4 Å². The first-order valence-corrected chi connectivity index (χ1v) is 27.9. The quantitative estimate of drug-likeness (QED) is 0.0333. The number of aromatic nitrogens is 2. The van der Waals surface area contributed by atoms with Crippen LogP contribution >= 0.6 is 11.3 Å². The van der Waals surface area contributed by atoms with Crippen molar-refractivity contribution in [1.29, 1.82) is 0 Å². The van der Waals surface area contributed by atoms with E-state index in [9.17, 15) is 33.9 Å². The molecule has 4 atom stereocenters. The van der Waals surface area contributed by atoms with Gasteiger partial charge in [-0.2, -0.15) is 0 Å². The van der Waals surface area contributed by atoms with Gasteiger partial charge >= 0.3 is 0 Å². The number of aryl methyl sites for hydroxylation is 1. The van der Waals surface area contributed by atoms with E-state index in [1.807, 2.05) is 81.4 Å². The molecular weight excluding hydrogens is 1020 g/mol. The molecule has 0 bridgehead atoms. The highest BCUT2D eigenvalue weighted by Gasteiger charge is 2.44. The van der Waals surface area contributed by atoms with Gasteiger partial charge in [0.15, 0.2) is 0 Å². The maximum Gasteiger partial charge on any atom is 0.253 e. The number of rotatable bonds is 29. The van der Waals surface area contributed by atoms with Gasteiger partial charge in [-0.1, -0.05) is 63.9 Å². The lowest BCUT2D eigenvalue weighted by Crippen LogP contribution is -2.58. The van der Waals surface area contributed by atoms with Crippen LogP contribution in [0.15, 0.2) is 84.6 Å². The predicted molar refractivity (Wildman–Crippen MR) is 297 cm³/mol. The Kier molecular flexibility index (Phi) is 24.4. The molecule has 0 spiro atoms. The molecule has 0 saturated carbocycles. The molecule has 78 heavy (non-hydrogen) atoms. The van der Waals surface area contributed by atoms with Crippen LogP contribution in [0.3, 0.4) is 0 Å². The number of hydrogen-bond donors (Lipinski definition) is 5. The van der Waals surface area contributed by atoms with E-state index < -0.39 is 35.4 Å². The van der Waals surface area contributed by atoms with Crippen LogP contribution in [-0.2, 0) is 38.1 Å². The normalized spacial score (nSPS) is 16.7. The maximum absolute atomic E-state index is 14.0. The summed E-state index contributed by atoms with van der Waals surface area (Å²) in [5.41, 5.74) is 5.85. The van der Waals surface area contributed by atoms with Crippen molar-refractivity contribution in [3.8, 4) is 10.4 Å². The van der Waals surface area contributed by atoms with Crippen molar-refractivity contribution in [3.63, 3.8) is 0 Å². The van der Waals surface area contributed by atoms with Crippen LogP contribution < -0.4 is 21.3 Å². The monoisotopic (exact) mass is 1090 g/mol. The van der Waals surface area contributed by atoms with Gasteiger partial charge in [-0.3, -0.25) is 33.8 Å². The molecule has 0 radical (unpaired) electrons. The van der Waals surface area contributed by atoms with Gasteiger partial charge in [-0.05, 0) is 97.5 Å². The topological polar surface area (TPSA) is 240 Å². The lowest BCUT2D eigenvalue weighted by Gasteiger charge is -2.35. The minimum Gasteiger partial charge on any atom is -0.391 e. The van der Waals surface area contributed by atoms with E-state index in [1.165, 1.54) is 11.0 Å². The summed E-state index contributed by atoms with van der Waals surface area (Å²) < 4.78 is 22.2. The second kappa shape index (κ2) is 31.2. The largest absolute Gasteiger partial charge is 0.391 e. The van der Waals surface area contributed by atoms with Crippen LogP contribution in [0.25, 0.3) is 16.5 Å². The minimum atomic E-state index is -0.987. The van der Waals surface area contributed by atoms with Gasteiger partial charge < -0.3 is 55.1 Å². The molecule has 0 aliphatic carbocycles. The second-order valence-electron chi connectivity index (χ2n) is 20.7. The number of carbonyl (C=O) groups is 6. The van der Waals surface area contributed by atoms with E-state index in [-0.39, 0.29) is 62.5 Å². The molecule has 2 aliphatic rings. The summed E-state index contributed by atoms with van der Waals surface area (Å²) in [6, 6.07) is 16.1. The maximum atomic E-state index is 14.0. The SMILES string of the molecule is Cc1ncsc1-c1ccc([C@H](C)NC(=O)[C@@H]2C[C@@H](O)CN2C(=O)[C@@H](NC(=O)COCCOCCOCCOCCNC(=O)c2ccc(C(=O)N3CCC(CCCCNC(=O)/C=C/c4cccnc4)CC3)cc2)C(C)(C)C)cc1. The highest BCUT2D eigenvalue weighted by atomic mass is 32.1. The van der Waals surface area contributed by atoms with Gasteiger partial charge in [0.1, 0.15) is 18.7 Å².